The number of hydrazone groups is 1. The number of nitro groups is 1. The molecule has 6 nitrogen and oxygen atoms in total. The monoisotopic (exact) mass is 256 g/mol. The summed E-state index contributed by atoms with van der Waals surface area (Å²) < 4.78 is 0. The van der Waals surface area contributed by atoms with E-state index in [1.807, 2.05) is 31.2 Å². The van der Waals surface area contributed by atoms with Crippen LogP contribution in [0.5, 0.6) is 0 Å². The van der Waals surface area contributed by atoms with Gasteiger partial charge in [0.25, 0.3) is 5.69 Å². The van der Waals surface area contributed by atoms with E-state index in [1.54, 1.807) is 6.21 Å². The molecular weight excluding hydrogens is 244 g/mol. The predicted octanol–water partition coefficient (Wildman–Crippen LogP) is 2.74. The Morgan fingerprint density at radius 2 is 2.11 bits per heavy atom. The highest BCUT2D eigenvalue weighted by molar-refractivity contribution is 5.81. The van der Waals surface area contributed by atoms with Crippen LogP contribution >= 0.6 is 0 Å². The molecule has 2 rings (SSSR count). The number of nitrogens with one attached hydrogen (secondary N) is 1. The highest BCUT2D eigenvalue weighted by atomic mass is 16.6. The molecule has 0 saturated carbocycles. The van der Waals surface area contributed by atoms with Crippen LogP contribution in [0.3, 0.4) is 0 Å². The van der Waals surface area contributed by atoms with Crippen molar-refractivity contribution in [1.29, 1.82) is 0 Å². The molecule has 0 radical (unpaired) electrons. The third-order valence-electron chi connectivity index (χ3n) is 2.53. The third kappa shape index (κ3) is 3.35. The van der Waals surface area contributed by atoms with Gasteiger partial charge >= 0.3 is 0 Å². The molecule has 0 aliphatic rings. The number of anilines is 1. The van der Waals surface area contributed by atoms with Gasteiger partial charge in [0, 0.05) is 6.07 Å². The number of hydrogen-bond donors (Lipinski definition) is 1. The van der Waals surface area contributed by atoms with Gasteiger partial charge in [0.2, 0.25) is 0 Å². The summed E-state index contributed by atoms with van der Waals surface area (Å²) in [6.45, 7) is 1.99. The molecule has 0 saturated heterocycles. The van der Waals surface area contributed by atoms with Crippen molar-refractivity contribution in [2.24, 2.45) is 5.10 Å². The molecule has 0 aliphatic carbocycles. The molecule has 1 N–H and O–H groups in total. The summed E-state index contributed by atoms with van der Waals surface area (Å²) in [4.78, 5) is 13.9. The minimum absolute atomic E-state index is 0.0477. The average molecular weight is 256 g/mol. The first-order valence-electron chi connectivity index (χ1n) is 5.62. The lowest BCUT2D eigenvalue weighted by molar-refractivity contribution is -0.385. The van der Waals surface area contributed by atoms with E-state index >= 15 is 0 Å². The molecule has 0 aliphatic heterocycles. The first-order chi connectivity index (χ1) is 9.16. The molecule has 0 unspecified atom stereocenters. The zero-order chi connectivity index (χ0) is 13.7. The van der Waals surface area contributed by atoms with Gasteiger partial charge in [0.1, 0.15) is 12.0 Å². The molecule has 96 valence electrons. The molecular formula is C13H12N4O2. The van der Waals surface area contributed by atoms with Gasteiger partial charge in [-0.2, -0.15) is 5.10 Å². The molecule has 1 heterocycles. The smallest absolute Gasteiger partial charge is 0.261 e. The Bertz CT molecular complexity index is 608. The van der Waals surface area contributed by atoms with Gasteiger partial charge in [0.05, 0.1) is 11.1 Å². The van der Waals surface area contributed by atoms with Gasteiger partial charge in [0.15, 0.2) is 0 Å². The lowest BCUT2D eigenvalue weighted by Crippen LogP contribution is -1.95. The molecule has 0 fully saturated rings. The van der Waals surface area contributed by atoms with Gasteiger partial charge in [-0.05, 0) is 24.1 Å². The lowest BCUT2D eigenvalue weighted by Gasteiger charge is -2.00. The molecule has 2 aromatic rings. The largest absolute Gasteiger partial charge is 0.287 e. The van der Waals surface area contributed by atoms with Crippen LogP contribution < -0.4 is 5.43 Å². The van der Waals surface area contributed by atoms with E-state index in [0.717, 1.165) is 11.1 Å². The SMILES string of the molecule is Cc1ccccc1/C=N/Nc1ccc([N+](=O)[O-])cn1. The minimum Gasteiger partial charge on any atom is -0.261 e. The Balaban J connectivity index is 2.03. The van der Waals surface area contributed by atoms with Crippen molar-refractivity contribution in [2.75, 3.05) is 5.43 Å². The van der Waals surface area contributed by atoms with E-state index in [9.17, 15) is 10.1 Å². The van der Waals surface area contributed by atoms with E-state index in [-0.39, 0.29) is 5.69 Å². The van der Waals surface area contributed by atoms with Crippen LogP contribution in [-0.2, 0) is 0 Å². The topological polar surface area (TPSA) is 80.4 Å². The Labute approximate surface area is 110 Å². The van der Waals surface area contributed by atoms with Crippen LogP contribution in [0.25, 0.3) is 0 Å². The first-order valence-corrected chi connectivity index (χ1v) is 5.62. The molecule has 1 aromatic carbocycles. The van der Waals surface area contributed by atoms with Crippen LogP contribution in [0.15, 0.2) is 47.7 Å². The Hall–Kier alpha value is -2.76. The molecule has 0 atom stereocenters. The number of benzene rings is 1. The summed E-state index contributed by atoms with van der Waals surface area (Å²) in [7, 11) is 0. The fraction of sp³-hybridized carbons (Fsp3) is 0.0769. The summed E-state index contributed by atoms with van der Waals surface area (Å²) >= 11 is 0. The van der Waals surface area contributed by atoms with E-state index in [1.165, 1.54) is 18.3 Å². The van der Waals surface area contributed by atoms with E-state index in [4.69, 9.17) is 0 Å². The van der Waals surface area contributed by atoms with E-state index in [0.29, 0.717) is 5.82 Å². The van der Waals surface area contributed by atoms with Crippen LogP contribution in [0.2, 0.25) is 0 Å². The van der Waals surface area contributed by atoms with Crippen molar-refractivity contribution in [3.63, 3.8) is 0 Å². The number of rotatable bonds is 4. The maximum Gasteiger partial charge on any atom is 0.287 e. The fourth-order valence-electron chi connectivity index (χ4n) is 1.46. The lowest BCUT2D eigenvalue weighted by atomic mass is 10.1. The van der Waals surface area contributed by atoms with E-state index in [2.05, 4.69) is 15.5 Å². The molecule has 0 spiro atoms. The van der Waals surface area contributed by atoms with Crippen LogP contribution in [0, 0.1) is 17.0 Å². The molecule has 1 aromatic heterocycles. The highest BCUT2D eigenvalue weighted by Gasteiger charge is 2.04. The first kappa shape index (κ1) is 12.7. The molecule has 0 amide bonds. The minimum atomic E-state index is -0.493. The van der Waals surface area contributed by atoms with Crippen molar-refractivity contribution >= 4 is 17.7 Å². The maximum atomic E-state index is 10.5. The molecule has 0 bridgehead atoms. The predicted molar refractivity (Wildman–Crippen MR) is 73.3 cm³/mol. The summed E-state index contributed by atoms with van der Waals surface area (Å²) in [5.74, 6) is 0.454. The van der Waals surface area contributed by atoms with Crippen molar-refractivity contribution in [3.8, 4) is 0 Å². The average Bonchev–Trinajstić information content (AvgIpc) is 2.41. The van der Waals surface area contributed by atoms with Crippen LogP contribution in [0.1, 0.15) is 11.1 Å². The normalized spacial score (nSPS) is 10.6. The van der Waals surface area contributed by atoms with Crippen molar-refractivity contribution < 1.29 is 4.92 Å². The van der Waals surface area contributed by atoms with Crippen molar-refractivity contribution in [3.05, 3.63) is 63.8 Å². The van der Waals surface area contributed by atoms with Crippen molar-refractivity contribution in [2.45, 2.75) is 6.92 Å². The second-order valence-electron chi connectivity index (χ2n) is 3.89. The number of aromatic nitrogens is 1. The molecule has 6 heteroatoms. The Kier molecular flexibility index (Phi) is 3.82. The summed E-state index contributed by atoms with van der Waals surface area (Å²) in [5.41, 5.74) is 4.79. The van der Waals surface area contributed by atoms with E-state index < -0.39 is 4.92 Å². The second kappa shape index (κ2) is 5.72. The number of pyridine rings is 1. The number of hydrogen-bond acceptors (Lipinski definition) is 5. The maximum absolute atomic E-state index is 10.5. The number of nitrogens with zero attached hydrogens (tertiary/aromatic N) is 3. The highest BCUT2D eigenvalue weighted by Crippen LogP contribution is 2.11. The Morgan fingerprint density at radius 1 is 1.32 bits per heavy atom. The van der Waals surface area contributed by atoms with Gasteiger partial charge in [-0.3, -0.25) is 15.5 Å². The van der Waals surface area contributed by atoms with Gasteiger partial charge in [-0.15, -0.1) is 0 Å². The van der Waals surface area contributed by atoms with Crippen LogP contribution in [-0.4, -0.2) is 16.1 Å². The standard InChI is InChI=1S/C13H12N4O2/c1-10-4-2-3-5-11(10)8-15-16-13-7-6-12(9-14-13)17(18)19/h2-9H,1H3,(H,14,16)/b15-8+. The van der Waals surface area contributed by atoms with Gasteiger partial charge in [-0.25, -0.2) is 4.98 Å². The van der Waals surface area contributed by atoms with Crippen LogP contribution in [0.4, 0.5) is 11.5 Å². The summed E-state index contributed by atoms with van der Waals surface area (Å²) in [5, 5.41) is 14.5. The van der Waals surface area contributed by atoms with Gasteiger partial charge in [-0.1, -0.05) is 24.3 Å². The number of aryl methyl sites for hydroxylation is 1. The fourth-order valence-corrected chi connectivity index (χ4v) is 1.46. The Morgan fingerprint density at radius 3 is 2.74 bits per heavy atom. The quantitative estimate of drug-likeness (QED) is 0.518. The summed E-state index contributed by atoms with van der Waals surface area (Å²) in [6, 6.07) is 10.7. The zero-order valence-electron chi connectivity index (χ0n) is 10.3. The summed E-state index contributed by atoms with van der Waals surface area (Å²) in [6.07, 6.45) is 2.87. The second-order valence-corrected chi connectivity index (χ2v) is 3.89. The van der Waals surface area contributed by atoms with Gasteiger partial charge < -0.3 is 0 Å². The van der Waals surface area contributed by atoms with Crippen molar-refractivity contribution in [1.82, 2.24) is 4.98 Å². The zero-order valence-corrected chi connectivity index (χ0v) is 10.3. The third-order valence-corrected chi connectivity index (χ3v) is 2.53. The molecule has 19 heavy (non-hydrogen) atoms.